The normalized spacial score (nSPS) is 12.4. The Hall–Kier alpha value is -2.36. The van der Waals surface area contributed by atoms with Crippen molar-refractivity contribution in [3.8, 4) is 0 Å². The first-order valence-electron chi connectivity index (χ1n) is 7.51. The van der Waals surface area contributed by atoms with Gasteiger partial charge in [0.15, 0.2) is 10.1 Å². The highest BCUT2D eigenvalue weighted by Crippen LogP contribution is 2.32. The molecule has 0 atom stereocenters. The smallest absolute Gasteiger partial charge is 0.485 e. The fraction of sp³-hybridized carbons (Fsp3) is 0.118. The van der Waals surface area contributed by atoms with Crippen LogP contribution in [-0.4, -0.2) is 23.5 Å². The molecular weight excluding hydrogens is 405 g/mol. The summed E-state index contributed by atoms with van der Waals surface area (Å²) in [5.74, 6) is 0. The fourth-order valence-electron chi connectivity index (χ4n) is 2.84. The van der Waals surface area contributed by atoms with E-state index in [9.17, 15) is 13.2 Å². The second kappa shape index (κ2) is 6.66. The summed E-state index contributed by atoms with van der Waals surface area (Å²) >= 11 is 6.57. The van der Waals surface area contributed by atoms with E-state index in [4.69, 9.17) is 24.6 Å². The molecule has 0 aliphatic heterocycles. The summed E-state index contributed by atoms with van der Waals surface area (Å²) in [5, 5.41) is 3.07. The number of hydrogen-bond acceptors (Lipinski definition) is 3. The van der Waals surface area contributed by atoms with E-state index in [1.54, 1.807) is 0 Å². The molecule has 0 radical (unpaired) electrons. The standard InChI is InChI=1S/C16H11ClN2.CHF3O3S/c1-19-13-9-5-3-7-11(13)14(17)15-16(19)10-6-2-4-8-12(10)18-15;2-1(3,4)8(5,6)7/h2-9H,1H3;(H,5,6,7). The molecule has 4 rings (SSSR count). The summed E-state index contributed by atoms with van der Waals surface area (Å²) in [7, 11) is -4.01. The van der Waals surface area contributed by atoms with Crippen LogP contribution in [0.25, 0.3) is 32.8 Å². The summed E-state index contributed by atoms with van der Waals surface area (Å²) in [4.78, 5) is 3.43. The topological polar surface area (TPSA) is 76.9 Å². The van der Waals surface area contributed by atoms with Crippen LogP contribution in [-0.2, 0) is 17.2 Å². The lowest BCUT2D eigenvalue weighted by Gasteiger charge is -2.08. The van der Waals surface area contributed by atoms with Crippen molar-refractivity contribution in [2.45, 2.75) is 5.51 Å². The van der Waals surface area contributed by atoms with Crippen LogP contribution in [0.15, 0.2) is 48.5 Å². The zero-order valence-corrected chi connectivity index (χ0v) is 15.3. The van der Waals surface area contributed by atoms with Gasteiger partial charge in [-0.1, -0.05) is 35.9 Å². The van der Waals surface area contributed by atoms with E-state index in [1.165, 1.54) is 5.39 Å². The number of aromatic amines is 1. The highest BCUT2D eigenvalue weighted by Gasteiger charge is 2.36. The molecule has 0 unspecified atom stereocenters. The fourth-order valence-corrected chi connectivity index (χ4v) is 3.14. The van der Waals surface area contributed by atoms with Gasteiger partial charge >= 0.3 is 5.51 Å². The Morgan fingerprint density at radius 3 is 2.15 bits per heavy atom. The number of benzene rings is 2. The maximum absolute atomic E-state index is 10.7. The number of rotatable bonds is 0. The van der Waals surface area contributed by atoms with Gasteiger partial charge in [0.2, 0.25) is 11.0 Å². The molecule has 0 saturated heterocycles. The van der Waals surface area contributed by atoms with E-state index < -0.39 is 15.6 Å². The molecule has 0 spiro atoms. The molecule has 0 amide bonds. The van der Waals surface area contributed by atoms with Crippen LogP contribution in [0.2, 0.25) is 5.02 Å². The summed E-state index contributed by atoms with van der Waals surface area (Å²) in [6.45, 7) is 0. The van der Waals surface area contributed by atoms with Gasteiger partial charge in [0, 0.05) is 6.07 Å². The lowest BCUT2D eigenvalue weighted by atomic mass is 10.1. The maximum Gasteiger partial charge on any atom is 0.485 e. The monoisotopic (exact) mass is 416 g/mol. The van der Waals surface area contributed by atoms with Crippen molar-refractivity contribution in [3.63, 3.8) is 0 Å². The average Bonchev–Trinajstić information content (AvgIpc) is 2.98. The van der Waals surface area contributed by atoms with Gasteiger partial charge in [-0.15, -0.1) is 0 Å². The predicted octanol–water partition coefficient (Wildman–Crippen LogP) is 4.00. The summed E-state index contributed by atoms with van der Waals surface area (Å²) in [6, 6.07) is 16.5. The molecule has 2 aromatic heterocycles. The predicted molar refractivity (Wildman–Crippen MR) is 95.2 cm³/mol. The lowest BCUT2D eigenvalue weighted by Crippen LogP contribution is -2.29. The third-order valence-corrected chi connectivity index (χ3v) is 4.98. The number of fused-ring (bicyclic) bond motifs is 4. The number of para-hydroxylation sites is 2. The minimum absolute atomic E-state index is 0.792. The van der Waals surface area contributed by atoms with E-state index in [-0.39, 0.29) is 0 Å². The molecule has 4 aromatic rings. The molecule has 10 heteroatoms. The third-order valence-electron chi connectivity index (χ3n) is 4.02. The van der Waals surface area contributed by atoms with Gasteiger partial charge in [-0.3, -0.25) is 0 Å². The number of aryl methyl sites for hydroxylation is 1. The second-order valence-electron chi connectivity index (χ2n) is 5.68. The first-order valence-corrected chi connectivity index (χ1v) is 9.30. The molecule has 0 aliphatic carbocycles. The van der Waals surface area contributed by atoms with Crippen LogP contribution in [0.5, 0.6) is 0 Å². The average molecular weight is 417 g/mol. The highest BCUT2D eigenvalue weighted by atomic mass is 35.5. The summed E-state index contributed by atoms with van der Waals surface area (Å²) < 4.78 is 61.1. The minimum atomic E-state index is -6.09. The number of nitrogens with zero attached hydrogens (tertiary/aromatic N) is 1. The van der Waals surface area contributed by atoms with E-state index in [2.05, 4.69) is 46.9 Å². The van der Waals surface area contributed by atoms with Crippen LogP contribution in [0.4, 0.5) is 13.2 Å². The van der Waals surface area contributed by atoms with Crippen LogP contribution >= 0.6 is 11.6 Å². The summed E-state index contributed by atoms with van der Waals surface area (Å²) in [6.07, 6.45) is 0. The van der Waals surface area contributed by atoms with Gasteiger partial charge in [-0.05, 0) is 18.2 Å². The molecule has 2 heterocycles. The van der Waals surface area contributed by atoms with Crippen LogP contribution < -0.4 is 4.57 Å². The molecule has 142 valence electrons. The molecule has 0 fully saturated rings. The van der Waals surface area contributed by atoms with Gasteiger partial charge in [0.1, 0.15) is 12.6 Å². The van der Waals surface area contributed by atoms with Gasteiger partial charge in [-0.2, -0.15) is 17.7 Å². The van der Waals surface area contributed by atoms with Crippen molar-refractivity contribution >= 4 is 54.6 Å². The number of aromatic nitrogens is 2. The second-order valence-corrected chi connectivity index (χ2v) is 7.43. The number of H-pyrrole nitrogens is 1. The van der Waals surface area contributed by atoms with Crippen LogP contribution in [0.1, 0.15) is 0 Å². The van der Waals surface area contributed by atoms with Gasteiger partial charge < -0.3 is 9.54 Å². The van der Waals surface area contributed by atoms with Crippen LogP contribution in [0, 0.1) is 0 Å². The van der Waals surface area contributed by atoms with E-state index in [0.29, 0.717) is 0 Å². The third kappa shape index (κ3) is 3.45. The zero-order chi connectivity index (χ0) is 20.0. The molecular formula is C17H12ClF3N2O3S. The SMILES string of the molecule is C[n+]1c2ccccc2c(Cl)c2[nH]c3ccccc3c21.O=S(=O)([O-])C(F)(F)F. The molecule has 27 heavy (non-hydrogen) atoms. The van der Waals surface area contributed by atoms with Gasteiger partial charge in [0.25, 0.3) is 0 Å². The molecule has 0 saturated carbocycles. The van der Waals surface area contributed by atoms with Crippen molar-refractivity contribution in [1.29, 1.82) is 0 Å². The minimum Gasteiger partial charge on any atom is -0.741 e. The molecule has 5 nitrogen and oxygen atoms in total. The Bertz CT molecular complexity index is 1270. The number of pyridine rings is 1. The summed E-state index contributed by atoms with van der Waals surface area (Å²) in [5.41, 5.74) is -1.23. The Morgan fingerprint density at radius 1 is 1.04 bits per heavy atom. The van der Waals surface area contributed by atoms with Crippen molar-refractivity contribution in [2.75, 3.05) is 0 Å². The molecule has 1 N–H and O–H groups in total. The van der Waals surface area contributed by atoms with Gasteiger partial charge in [-0.25, -0.2) is 8.42 Å². The Balaban J connectivity index is 0.000000226. The van der Waals surface area contributed by atoms with Crippen molar-refractivity contribution in [3.05, 3.63) is 53.6 Å². The largest absolute Gasteiger partial charge is 0.741 e. The Labute approximate surface area is 156 Å². The van der Waals surface area contributed by atoms with Crippen molar-refractivity contribution in [1.82, 2.24) is 4.98 Å². The number of nitrogens with one attached hydrogen (secondary N) is 1. The quantitative estimate of drug-likeness (QED) is 0.267. The first-order chi connectivity index (χ1) is 12.5. The van der Waals surface area contributed by atoms with Crippen molar-refractivity contribution in [2.24, 2.45) is 7.05 Å². The number of alkyl halides is 3. The van der Waals surface area contributed by atoms with E-state index in [0.717, 1.165) is 32.5 Å². The molecule has 0 bridgehead atoms. The zero-order valence-electron chi connectivity index (χ0n) is 13.7. The van der Waals surface area contributed by atoms with E-state index >= 15 is 0 Å². The number of hydrogen-bond donors (Lipinski definition) is 1. The Morgan fingerprint density at radius 2 is 1.56 bits per heavy atom. The van der Waals surface area contributed by atoms with E-state index in [1.807, 2.05) is 18.2 Å². The first kappa shape index (κ1) is 19.4. The lowest BCUT2D eigenvalue weighted by molar-refractivity contribution is -0.616. The van der Waals surface area contributed by atoms with Crippen molar-refractivity contribution < 1.29 is 30.7 Å². The molecule has 0 aliphatic rings. The maximum atomic E-state index is 10.7. The highest BCUT2D eigenvalue weighted by molar-refractivity contribution is 7.86. The molecule has 2 aromatic carbocycles. The Kier molecular flexibility index (Phi) is 4.79. The number of halogens is 4. The van der Waals surface area contributed by atoms with Gasteiger partial charge in [0.05, 0.1) is 21.3 Å². The van der Waals surface area contributed by atoms with Crippen LogP contribution in [0.3, 0.4) is 0 Å².